The Labute approximate surface area is 207 Å². The van der Waals surface area contributed by atoms with E-state index in [4.69, 9.17) is 9.47 Å². The molecule has 0 fully saturated rings. The Morgan fingerprint density at radius 3 is 1.33 bits per heavy atom. The molecule has 0 saturated heterocycles. The van der Waals surface area contributed by atoms with Gasteiger partial charge in [0.15, 0.2) is 0 Å². The summed E-state index contributed by atoms with van der Waals surface area (Å²) < 4.78 is 10.4. The van der Waals surface area contributed by atoms with Crippen LogP contribution in [0.25, 0.3) is 0 Å². The molecule has 0 bridgehead atoms. The van der Waals surface area contributed by atoms with Gasteiger partial charge >= 0.3 is 11.9 Å². The Balaban J connectivity index is 0. The van der Waals surface area contributed by atoms with Crippen molar-refractivity contribution in [3.05, 3.63) is 0 Å². The van der Waals surface area contributed by atoms with Crippen molar-refractivity contribution < 1.29 is 19.1 Å². The molecule has 0 saturated carbocycles. The van der Waals surface area contributed by atoms with Crippen molar-refractivity contribution in [3.63, 3.8) is 0 Å². The summed E-state index contributed by atoms with van der Waals surface area (Å²) in [6.45, 7) is 14.1. The molecule has 0 aliphatic carbocycles. The van der Waals surface area contributed by atoms with Crippen molar-refractivity contribution in [1.29, 1.82) is 0 Å². The van der Waals surface area contributed by atoms with Gasteiger partial charge in [0.2, 0.25) is 0 Å². The van der Waals surface area contributed by atoms with E-state index in [-0.39, 0.29) is 11.9 Å². The van der Waals surface area contributed by atoms with Gasteiger partial charge in [-0.1, -0.05) is 119 Å². The van der Waals surface area contributed by atoms with Gasteiger partial charge in [-0.05, 0) is 31.1 Å². The number of esters is 2. The molecule has 0 heterocycles. The molecule has 0 rings (SSSR count). The third kappa shape index (κ3) is 28.9. The molecule has 0 aromatic rings. The van der Waals surface area contributed by atoms with Gasteiger partial charge in [0, 0.05) is 12.8 Å². The summed E-state index contributed by atoms with van der Waals surface area (Å²) in [6, 6.07) is 0. The largest absolute Gasteiger partial charge is 0.465 e. The molecule has 4 heteroatoms. The molecule has 4 nitrogen and oxygen atoms in total. The summed E-state index contributed by atoms with van der Waals surface area (Å²) in [6.07, 6.45) is 19.2. The van der Waals surface area contributed by atoms with Gasteiger partial charge in [0.25, 0.3) is 0 Å². The first-order valence-corrected chi connectivity index (χ1v) is 14.2. The lowest BCUT2D eigenvalue weighted by molar-refractivity contribution is -0.146. The predicted octanol–water partition coefficient (Wildman–Crippen LogP) is 9.04. The quantitative estimate of drug-likeness (QED) is 0.124. The molecule has 0 aromatic heterocycles. The lowest BCUT2D eigenvalue weighted by atomic mass is 10.1. The summed E-state index contributed by atoms with van der Waals surface area (Å²) in [4.78, 5) is 22.7. The summed E-state index contributed by atoms with van der Waals surface area (Å²) >= 11 is 0. The van der Waals surface area contributed by atoms with Gasteiger partial charge in [-0.15, -0.1) is 0 Å². The molecule has 198 valence electrons. The van der Waals surface area contributed by atoms with Crippen molar-refractivity contribution in [1.82, 2.24) is 0 Å². The average Bonchev–Trinajstić information content (AvgIpc) is 2.81. The number of carbonyl (C=O) groups is 2. The second-order valence-corrected chi connectivity index (χ2v) is 9.81. The molecule has 0 radical (unpaired) electrons. The summed E-state index contributed by atoms with van der Waals surface area (Å²) in [5, 5.41) is 0. The number of carbonyl (C=O) groups excluding carboxylic acids is 2. The first-order chi connectivity index (χ1) is 15.9. The number of hydrogen-bond acceptors (Lipinski definition) is 4. The lowest BCUT2D eigenvalue weighted by Gasteiger charge is -2.10. The third-order valence-electron chi connectivity index (χ3n) is 6.00. The fourth-order valence-electron chi connectivity index (χ4n) is 3.41. The van der Waals surface area contributed by atoms with E-state index in [1.807, 2.05) is 0 Å². The fraction of sp³-hybridized carbons (Fsp3) is 0.931. The normalized spacial score (nSPS) is 12.4. The van der Waals surface area contributed by atoms with Crippen LogP contribution in [0.2, 0.25) is 0 Å². The van der Waals surface area contributed by atoms with Gasteiger partial charge in [-0.25, -0.2) is 0 Å². The second kappa shape index (κ2) is 27.2. The summed E-state index contributed by atoms with van der Waals surface area (Å²) in [5.74, 6) is 0.973. The lowest BCUT2D eigenvalue weighted by Crippen LogP contribution is -2.11. The van der Waals surface area contributed by atoms with E-state index in [0.29, 0.717) is 37.9 Å². The molecule has 2 atom stereocenters. The Morgan fingerprint density at radius 1 is 0.545 bits per heavy atom. The molecule has 0 aliphatic rings. The van der Waals surface area contributed by atoms with E-state index in [0.717, 1.165) is 38.5 Å². The van der Waals surface area contributed by atoms with Crippen LogP contribution in [0.15, 0.2) is 0 Å². The van der Waals surface area contributed by atoms with Gasteiger partial charge in [0.05, 0.1) is 13.2 Å². The SMILES string of the molecule is CCCCCCCC(=O)OCC(C)CCC.CCCCCCCCCC(=O)OCC(C)CC. The highest BCUT2D eigenvalue weighted by molar-refractivity contribution is 5.69. The zero-order chi connectivity index (χ0) is 25.2. The molecule has 0 amide bonds. The number of rotatable bonds is 21. The van der Waals surface area contributed by atoms with Crippen molar-refractivity contribution in [2.24, 2.45) is 11.8 Å². The number of hydrogen-bond donors (Lipinski definition) is 0. The number of ether oxygens (including phenoxy) is 2. The highest BCUT2D eigenvalue weighted by atomic mass is 16.5. The third-order valence-corrected chi connectivity index (χ3v) is 6.00. The fourth-order valence-corrected chi connectivity index (χ4v) is 3.41. The zero-order valence-corrected chi connectivity index (χ0v) is 23.2. The van der Waals surface area contributed by atoms with Crippen LogP contribution < -0.4 is 0 Å². The van der Waals surface area contributed by atoms with Crippen molar-refractivity contribution in [3.8, 4) is 0 Å². The monoisotopic (exact) mass is 470 g/mol. The smallest absolute Gasteiger partial charge is 0.305 e. The van der Waals surface area contributed by atoms with Crippen molar-refractivity contribution in [2.45, 2.75) is 151 Å². The van der Waals surface area contributed by atoms with Gasteiger partial charge < -0.3 is 9.47 Å². The summed E-state index contributed by atoms with van der Waals surface area (Å²) in [5.41, 5.74) is 0. The van der Waals surface area contributed by atoms with Crippen molar-refractivity contribution in [2.75, 3.05) is 13.2 Å². The molecule has 2 unspecified atom stereocenters. The van der Waals surface area contributed by atoms with Gasteiger partial charge in [-0.3, -0.25) is 9.59 Å². The molecule has 33 heavy (non-hydrogen) atoms. The molecular formula is C29H58O4. The maximum absolute atomic E-state index is 11.4. The number of unbranched alkanes of at least 4 members (excludes halogenated alkanes) is 10. The first kappa shape index (κ1) is 34.1. The van der Waals surface area contributed by atoms with Crippen LogP contribution in [-0.2, 0) is 19.1 Å². The van der Waals surface area contributed by atoms with Crippen LogP contribution in [0.1, 0.15) is 151 Å². The molecule has 0 spiro atoms. The highest BCUT2D eigenvalue weighted by Gasteiger charge is 2.07. The van der Waals surface area contributed by atoms with Crippen molar-refractivity contribution >= 4 is 11.9 Å². The minimum absolute atomic E-state index is 0.0144. The Hall–Kier alpha value is -1.06. The van der Waals surface area contributed by atoms with E-state index in [2.05, 4.69) is 41.5 Å². The first-order valence-electron chi connectivity index (χ1n) is 14.2. The van der Waals surface area contributed by atoms with Gasteiger partial charge in [-0.2, -0.15) is 0 Å². The van der Waals surface area contributed by atoms with Crippen LogP contribution in [-0.4, -0.2) is 25.2 Å². The van der Waals surface area contributed by atoms with E-state index < -0.39 is 0 Å². The van der Waals surface area contributed by atoms with Crippen LogP contribution in [0.5, 0.6) is 0 Å². The average molecular weight is 471 g/mol. The second-order valence-electron chi connectivity index (χ2n) is 9.81. The highest BCUT2D eigenvalue weighted by Crippen LogP contribution is 2.10. The molecular weight excluding hydrogens is 412 g/mol. The van der Waals surface area contributed by atoms with Crippen LogP contribution in [0.4, 0.5) is 0 Å². The maximum atomic E-state index is 11.4. The minimum atomic E-state index is -0.0149. The van der Waals surface area contributed by atoms with E-state index in [9.17, 15) is 9.59 Å². The maximum Gasteiger partial charge on any atom is 0.305 e. The standard InChI is InChI=1S/C15H30O2.C14H28O2/c1-4-6-7-8-9-10-11-12-15(16)17-13-14(3)5-2;1-4-6-7-8-9-11-14(15)16-12-13(3)10-5-2/h14H,4-13H2,1-3H3;13H,4-12H2,1-3H3. The van der Waals surface area contributed by atoms with Crippen LogP contribution in [0.3, 0.4) is 0 Å². The van der Waals surface area contributed by atoms with E-state index in [1.54, 1.807) is 0 Å². The molecule has 0 aliphatic heterocycles. The van der Waals surface area contributed by atoms with E-state index in [1.165, 1.54) is 57.8 Å². The molecule has 0 aromatic carbocycles. The van der Waals surface area contributed by atoms with Gasteiger partial charge in [0.1, 0.15) is 0 Å². The Morgan fingerprint density at radius 2 is 0.939 bits per heavy atom. The summed E-state index contributed by atoms with van der Waals surface area (Å²) in [7, 11) is 0. The Bertz CT molecular complexity index is 422. The topological polar surface area (TPSA) is 52.6 Å². The zero-order valence-electron chi connectivity index (χ0n) is 23.2. The predicted molar refractivity (Wildman–Crippen MR) is 141 cm³/mol. The minimum Gasteiger partial charge on any atom is -0.465 e. The van der Waals surface area contributed by atoms with E-state index >= 15 is 0 Å². The van der Waals surface area contributed by atoms with Crippen LogP contribution in [0, 0.1) is 11.8 Å². The molecule has 0 N–H and O–H groups in total. The van der Waals surface area contributed by atoms with Crippen LogP contribution >= 0.6 is 0 Å². The Kier molecular flexibility index (Phi) is 28.1.